The molecule has 0 aliphatic carbocycles. The quantitative estimate of drug-likeness (QED) is 0.645. The topological polar surface area (TPSA) is 54.6 Å². The van der Waals surface area contributed by atoms with Crippen LogP contribution in [-0.2, 0) is 0 Å². The van der Waals surface area contributed by atoms with E-state index in [0.29, 0.717) is 17.2 Å². The minimum absolute atomic E-state index is 0.220. The van der Waals surface area contributed by atoms with E-state index in [9.17, 15) is 4.79 Å². The van der Waals surface area contributed by atoms with Crippen LogP contribution in [0, 0.1) is 19.8 Å². The molecule has 1 heterocycles. The van der Waals surface area contributed by atoms with Crippen LogP contribution in [0.5, 0.6) is 0 Å². The maximum absolute atomic E-state index is 11.8. The molecule has 0 saturated carbocycles. The van der Waals surface area contributed by atoms with Crippen LogP contribution in [-0.4, -0.2) is 11.6 Å². The van der Waals surface area contributed by atoms with Gasteiger partial charge in [0.1, 0.15) is 11.5 Å². The number of hydrogen-bond donors (Lipinski definition) is 1. The molecule has 0 saturated heterocycles. The van der Waals surface area contributed by atoms with Gasteiger partial charge in [0, 0.05) is 5.71 Å². The molecule has 0 radical (unpaired) electrons. The minimum atomic E-state index is -0.220. The Morgan fingerprint density at radius 2 is 2.12 bits per heavy atom. The van der Waals surface area contributed by atoms with Crippen LogP contribution in [0.2, 0.25) is 0 Å². The summed E-state index contributed by atoms with van der Waals surface area (Å²) < 4.78 is 5.30. The third-order valence-electron chi connectivity index (χ3n) is 2.34. The van der Waals surface area contributed by atoms with Gasteiger partial charge in [0.25, 0.3) is 5.91 Å². The molecule has 17 heavy (non-hydrogen) atoms. The Hall–Kier alpha value is -1.58. The Morgan fingerprint density at radius 3 is 2.59 bits per heavy atom. The largest absolute Gasteiger partial charge is 0.466 e. The van der Waals surface area contributed by atoms with Gasteiger partial charge < -0.3 is 4.42 Å². The molecule has 1 rings (SSSR count). The first-order valence-corrected chi connectivity index (χ1v) is 5.80. The second kappa shape index (κ2) is 5.66. The molecule has 0 fully saturated rings. The van der Waals surface area contributed by atoms with Gasteiger partial charge in [-0.15, -0.1) is 0 Å². The first-order valence-electron chi connectivity index (χ1n) is 5.80. The van der Waals surface area contributed by atoms with Crippen molar-refractivity contribution in [2.75, 3.05) is 0 Å². The zero-order valence-electron chi connectivity index (χ0n) is 11.1. The molecule has 0 spiro atoms. The molecule has 4 nitrogen and oxygen atoms in total. The van der Waals surface area contributed by atoms with Crippen molar-refractivity contribution in [3.8, 4) is 0 Å². The number of hydrogen-bond acceptors (Lipinski definition) is 3. The van der Waals surface area contributed by atoms with Gasteiger partial charge in [-0.2, -0.15) is 5.10 Å². The van der Waals surface area contributed by atoms with E-state index >= 15 is 0 Å². The molecule has 0 aliphatic heterocycles. The van der Waals surface area contributed by atoms with E-state index in [2.05, 4.69) is 24.4 Å². The number of carbonyl (C=O) groups excluding carboxylic acids is 1. The number of aryl methyl sites for hydroxylation is 2. The van der Waals surface area contributed by atoms with E-state index in [0.717, 1.165) is 17.9 Å². The fourth-order valence-corrected chi connectivity index (χ4v) is 1.70. The van der Waals surface area contributed by atoms with Crippen molar-refractivity contribution >= 4 is 11.6 Å². The first-order chi connectivity index (χ1) is 7.90. The number of nitrogens with one attached hydrogen (secondary N) is 1. The van der Waals surface area contributed by atoms with Crippen molar-refractivity contribution < 1.29 is 9.21 Å². The van der Waals surface area contributed by atoms with Crippen LogP contribution in [0.3, 0.4) is 0 Å². The summed E-state index contributed by atoms with van der Waals surface area (Å²) in [5.74, 6) is 1.67. The van der Waals surface area contributed by atoms with Gasteiger partial charge >= 0.3 is 0 Å². The van der Waals surface area contributed by atoms with E-state index in [4.69, 9.17) is 4.42 Å². The number of carbonyl (C=O) groups is 1. The molecule has 1 N–H and O–H groups in total. The predicted molar refractivity (Wildman–Crippen MR) is 68.2 cm³/mol. The number of hydrazone groups is 1. The molecule has 94 valence electrons. The third-order valence-corrected chi connectivity index (χ3v) is 2.34. The first kappa shape index (κ1) is 13.5. The molecule has 1 aromatic heterocycles. The van der Waals surface area contributed by atoms with E-state index in [1.165, 1.54) is 0 Å². The fourth-order valence-electron chi connectivity index (χ4n) is 1.70. The average Bonchev–Trinajstić information content (AvgIpc) is 2.53. The Balaban J connectivity index is 2.64. The smallest absolute Gasteiger partial charge is 0.274 e. The zero-order valence-corrected chi connectivity index (χ0v) is 11.1. The number of nitrogens with zero attached hydrogens (tertiary/aromatic N) is 1. The van der Waals surface area contributed by atoms with Crippen LogP contribution in [0.25, 0.3) is 0 Å². The van der Waals surface area contributed by atoms with E-state index in [-0.39, 0.29) is 5.91 Å². The summed E-state index contributed by atoms with van der Waals surface area (Å²) in [5.41, 5.74) is 4.01. The number of amides is 1. The van der Waals surface area contributed by atoms with Crippen LogP contribution in [0.15, 0.2) is 15.6 Å². The van der Waals surface area contributed by atoms with Crippen LogP contribution in [0.4, 0.5) is 0 Å². The van der Waals surface area contributed by atoms with Crippen molar-refractivity contribution in [2.24, 2.45) is 11.0 Å². The van der Waals surface area contributed by atoms with Gasteiger partial charge in [-0.3, -0.25) is 4.79 Å². The highest BCUT2D eigenvalue weighted by molar-refractivity contribution is 5.96. The van der Waals surface area contributed by atoms with Crippen molar-refractivity contribution in [3.05, 3.63) is 23.2 Å². The lowest BCUT2D eigenvalue weighted by Gasteiger charge is -2.04. The maximum Gasteiger partial charge on any atom is 0.274 e. The van der Waals surface area contributed by atoms with Crippen LogP contribution < -0.4 is 5.43 Å². The van der Waals surface area contributed by atoms with Crippen molar-refractivity contribution in [1.82, 2.24) is 5.43 Å². The third kappa shape index (κ3) is 4.06. The number of rotatable bonds is 4. The Labute approximate surface area is 102 Å². The van der Waals surface area contributed by atoms with Gasteiger partial charge in [-0.1, -0.05) is 13.8 Å². The second-order valence-electron chi connectivity index (χ2n) is 4.71. The summed E-state index contributed by atoms with van der Waals surface area (Å²) >= 11 is 0. The molecule has 1 aromatic rings. The molecule has 0 aromatic carbocycles. The van der Waals surface area contributed by atoms with E-state index in [1.807, 2.05) is 13.8 Å². The highest BCUT2D eigenvalue weighted by Gasteiger charge is 2.12. The zero-order chi connectivity index (χ0) is 13.0. The fraction of sp³-hybridized carbons (Fsp3) is 0.538. The molecule has 0 atom stereocenters. The minimum Gasteiger partial charge on any atom is -0.466 e. The van der Waals surface area contributed by atoms with Crippen molar-refractivity contribution in [1.29, 1.82) is 0 Å². The summed E-state index contributed by atoms with van der Waals surface area (Å²) in [4.78, 5) is 11.8. The Bertz CT molecular complexity index is 431. The normalized spacial score (nSPS) is 12.0. The standard InChI is InChI=1S/C13H20N2O2/c1-8(2)6-9(3)14-15-13(16)12-7-10(4)17-11(12)5/h7-8H,6H2,1-5H3,(H,15,16)/b14-9-. The van der Waals surface area contributed by atoms with Gasteiger partial charge in [0.05, 0.1) is 5.56 Å². The van der Waals surface area contributed by atoms with Gasteiger partial charge in [0.2, 0.25) is 0 Å². The van der Waals surface area contributed by atoms with Crippen molar-refractivity contribution in [3.63, 3.8) is 0 Å². The predicted octanol–water partition coefficient (Wildman–Crippen LogP) is 3.05. The summed E-state index contributed by atoms with van der Waals surface area (Å²) in [7, 11) is 0. The lowest BCUT2D eigenvalue weighted by molar-refractivity contribution is 0.0953. The van der Waals surface area contributed by atoms with Gasteiger partial charge in [-0.05, 0) is 39.2 Å². The molecule has 0 aliphatic rings. The lowest BCUT2D eigenvalue weighted by Crippen LogP contribution is -2.19. The summed E-state index contributed by atoms with van der Waals surface area (Å²) in [6.45, 7) is 9.73. The Kier molecular flexibility index (Phi) is 4.49. The monoisotopic (exact) mass is 236 g/mol. The van der Waals surface area contributed by atoms with E-state index in [1.54, 1.807) is 13.0 Å². The highest BCUT2D eigenvalue weighted by Crippen LogP contribution is 2.13. The molecular weight excluding hydrogens is 216 g/mol. The van der Waals surface area contributed by atoms with Gasteiger partial charge in [-0.25, -0.2) is 5.43 Å². The summed E-state index contributed by atoms with van der Waals surface area (Å²) in [6.07, 6.45) is 0.879. The molecule has 0 unspecified atom stereocenters. The summed E-state index contributed by atoms with van der Waals surface area (Å²) in [6, 6.07) is 1.72. The Morgan fingerprint density at radius 1 is 1.47 bits per heavy atom. The summed E-state index contributed by atoms with van der Waals surface area (Å²) in [5, 5.41) is 4.07. The SMILES string of the molecule is C/C(CC(C)C)=N/NC(=O)c1cc(C)oc1C. The second-order valence-corrected chi connectivity index (χ2v) is 4.71. The highest BCUT2D eigenvalue weighted by atomic mass is 16.3. The maximum atomic E-state index is 11.8. The molecule has 0 bridgehead atoms. The molecule has 1 amide bonds. The molecule has 4 heteroatoms. The van der Waals surface area contributed by atoms with Crippen LogP contribution >= 0.6 is 0 Å². The lowest BCUT2D eigenvalue weighted by atomic mass is 10.1. The van der Waals surface area contributed by atoms with Gasteiger partial charge in [0.15, 0.2) is 0 Å². The average molecular weight is 236 g/mol. The van der Waals surface area contributed by atoms with Crippen LogP contribution in [0.1, 0.15) is 49.1 Å². The number of furan rings is 1. The van der Waals surface area contributed by atoms with E-state index < -0.39 is 0 Å². The molecular formula is C13H20N2O2. The van der Waals surface area contributed by atoms with Crippen molar-refractivity contribution in [2.45, 2.75) is 41.0 Å².